The summed E-state index contributed by atoms with van der Waals surface area (Å²) in [5, 5.41) is 0. The molecule has 94 valence electrons. The van der Waals surface area contributed by atoms with Crippen molar-refractivity contribution in [1.82, 2.24) is 14.7 Å². The van der Waals surface area contributed by atoms with Crippen LogP contribution in [-0.4, -0.2) is 73.1 Å². The van der Waals surface area contributed by atoms with Crippen molar-refractivity contribution in [3.05, 3.63) is 0 Å². The highest BCUT2D eigenvalue weighted by atomic mass is 15.3. The van der Waals surface area contributed by atoms with Crippen LogP contribution in [0.2, 0.25) is 0 Å². The zero-order chi connectivity index (χ0) is 11.5. The van der Waals surface area contributed by atoms with E-state index in [4.69, 9.17) is 0 Å². The summed E-state index contributed by atoms with van der Waals surface area (Å²) in [6.07, 6.45) is 2.75. The number of hydrogen-bond donors (Lipinski definition) is 0. The summed E-state index contributed by atoms with van der Waals surface area (Å²) in [5.41, 5.74) is 0. The minimum absolute atomic E-state index is 0.722. The van der Waals surface area contributed by atoms with Crippen LogP contribution in [0, 0.1) is 0 Å². The standard InChI is InChI=1S/C13H27N3/c1-12(2)15-8-10-16(11-9-15)13-4-6-14(3)7-5-13/h12-13H,4-11H2,1-3H3. The molecule has 2 fully saturated rings. The van der Waals surface area contributed by atoms with Gasteiger partial charge in [0.1, 0.15) is 0 Å². The van der Waals surface area contributed by atoms with E-state index in [0.717, 1.165) is 12.1 Å². The molecule has 0 aromatic rings. The van der Waals surface area contributed by atoms with Crippen LogP contribution in [-0.2, 0) is 0 Å². The SMILES string of the molecule is CC(C)N1CCN(C2CCN(C)CC2)CC1. The van der Waals surface area contributed by atoms with E-state index in [0.29, 0.717) is 0 Å². The van der Waals surface area contributed by atoms with Crippen molar-refractivity contribution in [2.45, 2.75) is 38.8 Å². The van der Waals surface area contributed by atoms with Crippen molar-refractivity contribution in [2.24, 2.45) is 0 Å². The summed E-state index contributed by atoms with van der Waals surface area (Å²) in [7, 11) is 2.24. The second-order valence-corrected chi connectivity index (χ2v) is 5.70. The Morgan fingerprint density at radius 3 is 1.94 bits per heavy atom. The molecule has 3 heteroatoms. The van der Waals surface area contributed by atoms with Crippen molar-refractivity contribution in [2.75, 3.05) is 46.3 Å². The van der Waals surface area contributed by atoms with Crippen molar-refractivity contribution in [3.8, 4) is 0 Å². The first-order chi connectivity index (χ1) is 7.66. The van der Waals surface area contributed by atoms with E-state index in [-0.39, 0.29) is 0 Å². The lowest BCUT2D eigenvalue weighted by Crippen LogP contribution is -2.54. The highest BCUT2D eigenvalue weighted by molar-refractivity contribution is 4.83. The molecule has 0 unspecified atom stereocenters. The van der Waals surface area contributed by atoms with Crippen LogP contribution < -0.4 is 0 Å². The largest absolute Gasteiger partial charge is 0.306 e. The summed E-state index contributed by atoms with van der Waals surface area (Å²) in [5.74, 6) is 0. The molecule has 2 saturated heterocycles. The number of piperidine rings is 1. The van der Waals surface area contributed by atoms with Crippen LogP contribution in [0.4, 0.5) is 0 Å². The first kappa shape index (κ1) is 12.3. The fraction of sp³-hybridized carbons (Fsp3) is 1.00. The molecule has 0 aliphatic carbocycles. The fourth-order valence-electron chi connectivity index (χ4n) is 2.98. The summed E-state index contributed by atoms with van der Waals surface area (Å²) < 4.78 is 0. The van der Waals surface area contributed by atoms with Gasteiger partial charge < -0.3 is 4.90 Å². The van der Waals surface area contributed by atoms with Gasteiger partial charge in [-0.1, -0.05) is 0 Å². The van der Waals surface area contributed by atoms with Crippen molar-refractivity contribution in [1.29, 1.82) is 0 Å². The monoisotopic (exact) mass is 225 g/mol. The third kappa shape index (κ3) is 2.96. The van der Waals surface area contributed by atoms with Crippen LogP contribution in [0.15, 0.2) is 0 Å². The third-order valence-electron chi connectivity index (χ3n) is 4.28. The van der Waals surface area contributed by atoms with Crippen LogP contribution >= 0.6 is 0 Å². The summed E-state index contributed by atoms with van der Waals surface area (Å²) >= 11 is 0. The lowest BCUT2D eigenvalue weighted by atomic mass is 10.0. The molecule has 0 N–H and O–H groups in total. The lowest BCUT2D eigenvalue weighted by Gasteiger charge is -2.43. The number of hydrogen-bond acceptors (Lipinski definition) is 3. The highest BCUT2D eigenvalue weighted by Gasteiger charge is 2.26. The number of piperazine rings is 1. The molecule has 0 aromatic heterocycles. The highest BCUT2D eigenvalue weighted by Crippen LogP contribution is 2.17. The first-order valence-corrected chi connectivity index (χ1v) is 6.83. The van der Waals surface area contributed by atoms with Gasteiger partial charge in [-0.3, -0.25) is 9.80 Å². The summed E-state index contributed by atoms with van der Waals surface area (Å²) in [4.78, 5) is 7.79. The van der Waals surface area contributed by atoms with E-state index in [1.54, 1.807) is 0 Å². The Kier molecular flexibility index (Phi) is 4.22. The van der Waals surface area contributed by atoms with Gasteiger partial charge in [0.2, 0.25) is 0 Å². The van der Waals surface area contributed by atoms with Gasteiger partial charge in [0.05, 0.1) is 0 Å². The van der Waals surface area contributed by atoms with Gasteiger partial charge in [-0.25, -0.2) is 0 Å². The zero-order valence-corrected chi connectivity index (χ0v) is 11.2. The molecule has 0 atom stereocenters. The summed E-state index contributed by atoms with van der Waals surface area (Å²) in [6, 6.07) is 1.59. The van der Waals surface area contributed by atoms with E-state index in [2.05, 4.69) is 35.6 Å². The van der Waals surface area contributed by atoms with E-state index >= 15 is 0 Å². The zero-order valence-electron chi connectivity index (χ0n) is 11.2. The molecule has 0 radical (unpaired) electrons. The maximum absolute atomic E-state index is 2.73. The molecular weight excluding hydrogens is 198 g/mol. The Morgan fingerprint density at radius 1 is 0.875 bits per heavy atom. The van der Waals surface area contributed by atoms with Gasteiger partial charge in [-0.05, 0) is 46.8 Å². The molecule has 0 aromatic carbocycles. The first-order valence-electron chi connectivity index (χ1n) is 6.83. The van der Waals surface area contributed by atoms with E-state index in [1.165, 1.54) is 52.1 Å². The number of nitrogens with zero attached hydrogens (tertiary/aromatic N) is 3. The Bertz CT molecular complexity index is 201. The predicted octanol–water partition coefficient (Wildman–Crippen LogP) is 1.11. The quantitative estimate of drug-likeness (QED) is 0.697. The molecule has 0 bridgehead atoms. The van der Waals surface area contributed by atoms with Crippen LogP contribution in [0.5, 0.6) is 0 Å². The molecule has 2 rings (SSSR count). The molecule has 3 nitrogen and oxygen atoms in total. The maximum atomic E-state index is 2.73. The van der Waals surface area contributed by atoms with Crippen LogP contribution in [0.25, 0.3) is 0 Å². The molecular formula is C13H27N3. The Morgan fingerprint density at radius 2 is 1.44 bits per heavy atom. The Hall–Kier alpha value is -0.120. The van der Waals surface area contributed by atoms with Crippen molar-refractivity contribution in [3.63, 3.8) is 0 Å². The minimum atomic E-state index is 0.722. The normalized spacial score (nSPS) is 27.8. The van der Waals surface area contributed by atoms with Gasteiger partial charge in [0, 0.05) is 38.3 Å². The predicted molar refractivity (Wildman–Crippen MR) is 68.8 cm³/mol. The van der Waals surface area contributed by atoms with Crippen LogP contribution in [0.1, 0.15) is 26.7 Å². The van der Waals surface area contributed by atoms with Gasteiger partial charge >= 0.3 is 0 Å². The summed E-state index contributed by atoms with van der Waals surface area (Å²) in [6.45, 7) is 12.3. The third-order valence-corrected chi connectivity index (χ3v) is 4.28. The van der Waals surface area contributed by atoms with Gasteiger partial charge in [0.25, 0.3) is 0 Å². The van der Waals surface area contributed by atoms with Crippen LogP contribution in [0.3, 0.4) is 0 Å². The molecule has 0 amide bonds. The van der Waals surface area contributed by atoms with Gasteiger partial charge in [-0.2, -0.15) is 0 Å². The molecule has 0 saturated carbocycles. The molecule has 2 aliphatic heterocycles. The molecule has 2 heterocycles. The second kappa shape index (κ2) is 5.48. The number of rotatable bonds is 2. The topological polar surface area (TPSA) is 9.72 Å². The van der Waals surface area contributed by atoms with Crippen molar-refractivity contribution >= 4 is 0 Å². The number of likely N-dealkylation sites (tertiary alicyclic amines) is 1. The Balaban J connectivity index is 1.76. The molecule has 2 aliphatic rings. The maximum Gasteiger partial charge on any atom is 0.0121 e. The second-order valence-electron chi connectivity index (χ2n) is 5.70. The molecule has 0 spiro atoms. The fourth-order valence-corrected chi connectivity index (χ4v) is 2.98. The molecule has 16 heavy (non-hydrogen) atoms. The smallest absolute Gasteiger partial charge is 0.0121 e. The average molecular weight is 225 g/mol. The Labute approximate surface area is 100 Å². The van der Waals surface area contributed by atoms with Crippen molar-refractivity contribution < 1.29 is 0 Å². The van der Waals surface area contributed by atoms with E-state index < -0.39 is 0 Å². The van der Waals surface area contributed by atoms with Gasteiger partial charge in [0.15, 0.2) is 0 Å². The minimum Gasteiger partial charge on any atom is -0.306 e. The van der Waals surface area contributed by atoms with E-state index in [1.807, 2.05) is 0 Å². The van der Waals surface area contributed by atoms with E-state index in [9.17, 15) is 0 Å². The van der Waals surface area contributed by atoms with Gasteiger partial charge in [-0.15, -0.1) is 0 Å². The average Bonchev–Trinajstić information content (AvgIpc) is 2.30. The lowest BCUT2D eigenvalue weighted by molar-refractivity contribution is 0.0529.